The van der Waals surface area contributed by atoms with Crippen LogP contribution >= 0.6 is 11.8 Å². The number of ether oxygens (including phenoxy) is 1. The standard InChI is InChI=1S/C21H21N5O5S/c1-26-17(11-22-19(28)13-5-9-16(31-2)10-6-13)24-25-21(26)32-12-18(27)23-15-7-3-14(4-8-15)20(29)30/h3-10H,11-12H2,1-2H3,(H,22,28)(H,23,27)(H,29,30). The number of aromatic carboxylic acids is 1. The lowest BCUT2D eigenvalue weighted by atomic mass is 10.2. The van der Waals surface area contributed by atoms with Crippen molar-refractivity contribution in [1.29, 1.82) is 0 Å². The molecule has 0 radical (unpaired) electrons. The number of carbonyl (C=O) groups excluding carboxylic acids is 2. The Hall–Kier alpha value is -3.86. The van der Waals surface area contributed by atoms with Crippen LogP contribution in [0.2, 0.25) is 0 Å². The maximum absolute atomic E-state index is 12.3. The Labute approximate surface area is 188 Å². The van der Waals surface area contributed by atoms with Crippen LogP contribution in [0.1, 0.15) is 26.5 Å². The van der Waals surface area contributed by atoms with Crippen LogP contribution in [0, 0.1) is 0 Å². The van der Waals surface area contributed by atoms with Gasteiger partial charge in [-0.15, -0.1) is 10.2 Å². The first-order chi connectivity index (χ1) is 15.4. The number of amides is 2. The first-order valence-electron chi connectivity index (χ1n) is 9.44. The minimum atomic E-state index is -1.03. The summed E-state index contributed by atoms with van der Waals surface area (Å²) in [7, 11) is 3.31. The van der Waals surface area contributed by atoms with Crippen molar-refractivity contribution < 1.29 is 24.2 Å². The van der Waals surface area contributed by atoms with E-state index in [1.54, 1.807) is 43.0 Å². The molecule has 0 saturated heterocycles. The molecule has 0 aliphatic rings. The molecule has 0 spiro atoms. The average molecular weight is 455 g/mol. The Morgan fingerprint density at radius 1 is 1.03 bits per heavy atom. The summed E-state index contributed by atoms with van der Waals surface area (Å²) in [5.74, 6) is -0.257. The van der Waals surface area contributed by atoms with Gasteiger partial charge in [0.25, 0.3) is 5.91 Å². The van der Waals surface area contributed by atoms with Crippen LogP contribution in [-0.2, 0) is 18.4 Å². The molecule has 3 rings (SSSR count). The molecule has 0 unspecified atom stereocenters. The monoisotopic (exact) mass is 455 g/mol. The number of hydrogen-bond acceptors (Lipinski definition) is 7. The average Bonchev–Trinajstić information content (AvgIpc) is 3.15. The molecule has 1 heterocycles. The van der Waals surface area contributed by atoms with E-state index in [9.17, 15) is 14.4 Å². The molecule has 0 bridgehead atoms. The molecule has 10 nitrogen and oxygen atoms in total. The van der Waals surface area contributed by atoms with Gasteiger partial charge in [-0.3, -0.25) is 9.59 Å². The van der Waals surface area contributed by atoms with Crippen molar-refractivity contribution in [3.63, 3.8) is 0 Å². The minimum Gasteiger partial charge on any atom is -0.497 e. The fourth-order valence-electron chi connectivity index (χ4n) is 2.65. The zero-order valence-electron chi connectivity index (χ0n) is 17.4. The quantitative estimate of drug-likeness (QED) is 0.418. The normalized spacial score (nSPS) is 10.4. The number of nitrogens with one attached hydrogen (secondary N) is 2. The lowest BCUT2D eigenvalue weighted by molar-refractivity contribution is -0.113. The van der Waals surface area contributed by atoms with Gasteiger partial charge in [0.05, 0.1) is 25.0 Å². The third-order valence-corrected chi connectivity index (χ3v) is 5.45. The first-order valence-corrected chi connectivity index (χ1v) is 10.4. The van der Waals surface area contributed by atoms with Crippen molar-refractivity contribution in [1.82, 2.24) is 20.1 Å². The number of thioether (sulfide) groups is 1. The summed E-state index contributed by atoms with van der Waals surface area (Å²) in [6.07, 6.45) is 0. The minimum absolute atomic E-state index is 0.0882. The number of nitrogens with zero attached hydrogens (tertiary/aromatic N) is 3. The number of carboxylic acids is 1. The molecule has 0 saturated carbocycles. The summed E-state index contributed by atoms with van der Waals surface area (Å²) < 4.78 is 6.78. The molecule has 0 atom stereocenters. The lowest BCUT2D eigenvalue weighted by Crippen LogP contribution is -2.24. The van der Waals surface area contributed by atoms with Gasteiger partial charge in [-0.1, -0.05) is 11.8 Å². The van der Waals surface area contributed by atoms with Gasteiger partial charge in [0.2, 0.25) is 5.91 Å². The molecule has 0 aliphatic carbocycles. The Balaban J connectivity index is 1.50. The second-order valence-corrected chi connectivity index (χ2v) is 7.53. The molecule has 2 amide bonds. The summed E-state index contributed by atoms with van der Waals surface area (Å²) in [4.78, 5) is 35.3. The van der Waals surface area contributed by atoms with Gasteiger partial charge < -0.3 is 25.0 Å². The molecule has 3 N–H and O–H groups in total. The zero-order chi connectivity index (χ0) is 23.1. The van der Waals surface area contributed by atoms with E-state index in [1.165, 1.54) is 36.0 Å². The molecular weight excluding hydrogens is 434 g/mol. The highest BCUT2D eigenvalue weighted by molar-refractivity contribution is 7.99. The van der Waals surface area contributed by atoms with Gasteiger partial charge >= 0.3 is 5.97 Å². The van der Waals surface area contributed by atoms with E-state index in [-0.39, 0.29) is 29.7 Å². The predicted octanol–water partition coefficient (Wildman–Crippen LogP) is 2.18. The molecule has 0 fully saturated rings. The number of hydrogen-bond donors (Lipinski definition) is 3. The smallest absolute Gasteiger partial charge is 0.335 e. The molecule has 32 heavy (non-hydrogen) atoms. The zero-order valence-corrected chi connectivity index (χ0v) is 18.2. The molecule has 1 aromatic heterocycles. The second kappa shape index (κ2) is 10.4. The second-order valence-electron chi connectivity index (χ2n) is 6.59. The third-order valence-electron chi connectivity index (χ3n) is 4.43. The van der Waals surface area contributed by atoms with Crippen LogP contribution in [0.15, 0.2) is 53.7 Å². The third kappa shape index (κ3) is 5.85. The number of aromatic nitrogens is 3. The fraction of sp³-hybridized carbons (Fsp3) is 0.190. The maximum Gasteiger partial charge on any atom is 0.335 e. The summed E-state index contributed by atoms with van der Waals surface area (Å²) in [6.45, 7) is 0.178. The molecule has 166 valence electrons. The van der Waals surface area contributed by atoms with Crippen LogP contribution in [0.3, 0.4) is 0 Å². The van der Waals surface area contributed by atoms with Crippen LogP contribution < -0.4 is 15.4 Å². The van der Waals surface area contributed by atoms with Gasteiger partial charge in [-0.05, 0) is 48.5 Å². The largest absolute Gasteiger partial charge is 0.497 e. The van der Waals surface area contributed by atoms with Crippen molar-refractivity contribution in [2.75, 3.05) is 18.2 Å². The van der Waals surface area contributed by atoms with Crippen molar-refractivity contribution in [3.05, 3.63) is 65.5 Å². The fourth-order valence-corrected chi connectivity index (χ4v) is 3.38. The van der Waals surface area contributed by atoms with Gasteiger partial charge in [0.15, 0.2) is 11.0 Å². The van der Waals surface area contributed by atoms with Crippen LogP contribution in [0.4, 0.5) is 5.69 Å². The molecule has 2 aromatic carbocycles. The molecule has 3 aromatic rings. The number of methoxy groups -OCH3 is 1. The van der Waals surface area contributed by atoms with E-state index in [0.29, 0.717) is 28.0 Å². The van der Waals surface area contributed by atoms with E-state index in [0.717, 1.165) is 0 Å². The Kier molecular flexibility index (Phi) is 7.45. The SMILES string of the molecule is COc1ccc(C(=O)NCc2nnc(SCC(=O)Nc3ccc(C(=O)O)cc3)n2C)cc1. The number of carbonyl (C=O) groups is 3. The first kappa shape index (κ1) is 22.8. The molecule has 11 heteroatoms. The highest BCUT2D eigenvalue weighted by Gasteiger charge is 2.13. The van der Waals surface area contributed by atoms with Gasteiger partial charge in [0.1, 0.15) is 5.75 Å². The molecular formula is C21H21N5O5S. The summed E-state index contributed by atoms with van der Waals surface area (Å²) in [5.41, 5.74) is 1.14. The van der Waals surface area contributed by atoms with Crippen LogP contribution in [-0.4, -0.2) is 50.5 Å². The van der Waals surface area contributed by atoms with Crippen LogP contribution in [0.5, 0.6) is 5.75 Å². The number of rotatable bonds is 9. The lowest BCUT2D eigenvalue weighted by Gasteiger charge is -2.07. The van der Waals surface area contributed by atoms with E-state index in [2.05, 4.69) is 20.8 Å². The number of carboxylic acid groups (broad SMARTS) is 1. The topological polar surface area (TPSA) is 135 Å². The highest BCUT2D eigenvalue weighted by atomic mass is 32.2. The predicted molar refractivity (Wildman–Crippen MR) is 118 cm³/mol. The van der Waals surface area contributed by atoms with E-state index >= 15 is 0 Å². The van der Waals surface area contributed by atoms with Gasteiger partial charge in [0, 0.05) is 18.3 Å². The maximum atomic E-state index is 12.3. The number of benzene rings is 2. The number of anilines is 1. The van der Waals surface area contributed by atoms with Crippen molar-refractivity contribution in [2.24, 2.45) is 7.05 Å². The van der Waals surface area contributed by atoms with Gasteiger partial charge in [-0.2, -0.15) is 0 Å². The van der Waals surface area contributed by atoms with Gasteiger partial charge in [-0.25, -0.2) is 4.79 Å². The Bertz CT molecular complexity index is 1110. The van der Waals surface area contributed by atoms with Crippen LogP contribution in [0.25, 0.3) is 0 Å². The summed E-state index contributed by atoms with van der Waals surface area (Å²) in [6, 6.07) is 12.6. The Morgan fingerprint density at radius 3 is 2.31 bits per heavy atom. The summed E-state index contributed by atoms with van der Waals surface area (Å²) in [5, 5.41) is 23.0. The highest BCUT2D eigenvalue weighted by Crippen LogP contribution is 2.17. The van der Waals surface area contributed by atoms with E-state index < -0.39 is 5.97 Å². The van der Waals surface area contributed by atoms with E-state index in [4.69, 9.17) is 9.84 Å². The van der Waals surface area contributed by atoms with Crippen molar-refractivity contribution in [2.45, 2.75) is 11.7 Å². The van der Waals surface area contributed by atoms with Crippen molar-refractivity contribution in [3.8, 4) is 5.75 Å². The molecule has 0 aliphatic heterocycles. The Morgan fingerprint density at radius 2 is 1.69 bits per heavy atom. The summed E-state index contributed by atoms with van der Waals surface area (Å²) >= 11 is 1.19. The van der Waals surface area contributed by atoms with Crippen molar-refractivity contribution >= 4 is 35.2 Å². The van der Waals surface area contributed by atoms with E-state index in [1.807, 2.05) is 0 Å².